The molecule has 6 nitrogen and oxygen atoms in total. The SMILES string of the molecule is CCC1NC(=O)C(C2CC2)N(CCS(C)(=O)=O)C1=O. The highest BCUT2D eigenvalue weighted by molar-refractivity contribution is 7.90. The molecule has 2 fully saturated rings. The van der Waals surface area contributed by atoms with E-state index in [1.807, 2.05) is 6.92 Å². The number of amides is 2. The Balaban J connectivity index is 2.16. The van der Waals surface area contributed by atoms with Gasteiger partial charge in [-0.2, -0.15) is 0 Å². The Kier molecular flexibility index (Phi) is 3.85. The minimum absolute atomic E-state index is 0.0916. The molecule has 1 heterocycles. The van der Waals surface area contributed by atoms with Gasteiger partial charge in [0.05, 0.1) is 5.75 Å². The van der Waals surface area contributed by atoms with Crippen LogP contribution in [0.4, 0.5) is 0 Å². The molecule has 0 spiro atoms. The minimum Gasteiger partial charge on any atom is -0.343 e. The molecule has 0 aromatic rings. The molecule has 0 bridgehead atoms. The third kappa shape index (κ3) is 3.26. The second-order valence-electron chi connectivity index (χ2n) is 5.41. The number of hydrogen-bond donors (Lipinski definition) is 1. The fraction of sp³-hybridized carbons (Fsp3) is 0.833. The zero-order valence-corrected chi connectivity index (χ0v) is 12.1. The predicted octanol–water partition coefficient (Wildman–Crippen LogP) is -0.453. The maximum absolute atomic E-state index is 12.3. The van der Waals surface area contributed by atoms with Gasteiger partial charge in [0.15, 0.2) is 0 Å². The van der Waals surface area contributed by atoms with Crippen molar-refractivity contribution in [3.05, 3.63) is 0 Å². The van der Waals surface area contributed by atoms with Gasteiger partial charge in [0, 0.05) is 12.8 Å². The monoisotopic (exact) mass is 288 g/mol. The first-order valence-electron chi connectivity index (χ1n) is 6.62. The summed E-state index contributed by atoms with van der Waals surface area (Å²) < 4.78 is 22.5. The Bertz CT molecular complexity index is 484. The van der Waals surface area contributed by atoms with Crippen molar-refractivity contribution < 1.29 is 18.0 Å². The van der Waals surface area contributed by atoms with Gasteiger partial charge in [0.25, 0.3) is 0 Å². The summed E-state index contributed by atoms with van der Waals surface area (Å²) in [5.41, 5.74) is 0. The zero-order valence-electron chi connectivity index (χ0n) is 11.3. The molecule has 0 radical (unpaired) electrons. The Morgan fingerprint density at radius 3 is 2.42 bits per heavy atom. The summed E-state index contributed by atoms with van der Waals surface area (Å²) in [6.45, 7) is 1.94. The number of piperazine rings is 1. The van der Waals surface area contributed by atoms with Crippen LogP contribution in [0.3, 0.4) is 0 Å². The van der Waals surface area contributed by atoms with Gasteiger partial charge in [0.2, 0.25) is 11.8 Å². The van der Waals surface area contributed by atoms with Crippen molar-refractivity contribution in [2.45, 2.75) is 38.3 Å². The van der Waals surface area contributed by atoms with E-state index in [1.165, 1.54) is 4.90 Å². The highest BCUT2D eigenvalue weighted by atomic mass is 32.2. The number of nitrogens with one attached hydrogen (secondary N) is 1. The molecule has 2 aliphatic rings. The number of nitrogens with zero attached hydrogens (tertiary/aromatic N) is 1. The topological polar surface area (TPSA) is 83.6 Å². The van der Waals surface area contributed by atoms with Gasteiger partial charge in [-0.15, -0.1) is 0 Å². The largest absolute Gasteiger partial charge is 0.343 e. The third-order valence-corrected chi connectivity index (χ3v) is 4.61. The van der Waals surface area contributed by atoms with Crippen LogP contribution >= 0.6 is 0 Å². The van der Waals surface area contributed by atoms with E-state index in [-0.39, 0.29) is 30.0 Å². The van der Waals surface area contributed by atoms with Crippen LogP contribution in [0.2, 0.25) is 0 Å². The first-order valence-corrected chi connectivity index (χ1v) is 8.68. The molecule has 2 unspecified atom stereocenters. The van der Waals surface area contributed by atoms with Crippen LogP contribution in [0, 0.1) is 5.92 Å². The van der Waals surface area contributed by atoms with Crippen LogP contribution in [-0.2, 0) is 19.4 Å². The minimum atomic E-state index is -3.14. The molecule has 1 N–H and O–H groups in total. The first kappa shape index (κ1) is 14.3. The summed E-state index contributed by atoms with van der Waals surface area (Å²) >= 11 is 0. The van der Waals surface area contributed by atoms with Crippen LogP contribution < -0.4 is 5.32 Å². The maximum atomic E-state index is 12.3. The third-order valence-electron chi connectivity index (χ3n) is 3.68. The lowest BCUT2D eigenvalue weighted by molar-refractivity contribution is -0.150. The lowest BCUT2D eigenvalue weighted by Gasteiger charge is -2.38. The molecule has 1 saturated heterocycles. The number of carbonyl (C=O) groups excluding carboxylic acids is 2. The zero-order chi connectivity index (χ0) is 14.2. The van der Waals surface area contributed by atoms with Crippen LogP contribution in [0.15, 0.2) is 0 Å². The Morgan fingerprint density at radius 1 is 1.32 bits per heavy atom. The number of carbonyl (C=O) groups is 2. The van der Waals surface area contributed by atoms with Crippen LogP contribution in [0.25, 0.3) is 0 Å². The normalized spacial score (nSPS) is 28.4. The average Bonchev–Trinajstić information content (AvgIpc) is 3.12. The fourth-order valence-corrected chi connectivity index (χ4v) is 3.00. The van der Waals surface area contributed by atoms with E-state index in [0.29, 0.717) is 6.42 Å². The molecule has 2 amide bonds. The maximum Gasteiger partial charge on any atom is 0.245 e. The van der Waals surface area contributed by atoms with Crippen molar-refractivity contribution in [2.75, 3.05) is 18.6 Å². The molecule has 1 saturated carbocycles. The number of sulfone groups is 1. The second-order valence-corrected chi connectivity index (χ2v) is 7.67. The number of hydrogen-bond acceptors (Lipinski definition) is 4. The van der Waals surface area contributed by atoms with Crippen LogP contribution in [0.5, 0.6) is 0 Å². The van der Waals surface area contributed by atoms with E-state index in [0.717, 1.165) is 19.1 Å². The van der Waals surface area contributed by atoms with E-state index >= 15 is 0 Å². The van der Waals surface area contributed by atoms with Crippen molar-refractivity contribution in [3.8, 4) is 0 Å². The number of rotatable bonds is 5. The van der Waals surface area contributed by atoms with E-state index in [1.54, 1.807) is 0 Å². The van der Waals surface area contributed by atoms with Crippen molar-refractivity contribution in [1.29, 1.82) is 0 Å². The summed E-state index contributed by atoms with van der Waals surface area (Å²) in [7, 11) is -3.14. The van der Waals surface area contributed by atoms with E-state index < -0.39 is 21.9 Å². The summed E-state index contributed by atoms with van der Waals surface area (Å²) in [6, 6.07) is -0.987. The summed E-state index contributed by atoms with van der Waals surface area (Å²) in [4.78, 5) is 25.8. The molecule has 0 aromatic heterocycles. The highest BCUT2D eigenvalue weighted by Gasteiger charge is 2.47. The van der Waals surface area contributed by atoms with Gasteiger partial charge in [-0.1, -0.05) is 6.92 Å². The predicted molar refractivity (Wildman–Crippen MR) is 70.2 cm³/mol. The fourth-order valence-electron chi connectivity index (χ4n) is 2.47. The Labute approximate surface area is 113 Å². The molecular formula is C12H20N2O4S. The smallest absolute Gasteiger partial charge is 0.245 e. The average molecular weight is 288 g/mol. The van der Waals surface area contributed by atoms with Crippen molar-refractivity contribution in [2.24, 2.45) is 5.92 Å². The molecule has 19 heavy (non-hydrogen) atoms. The van der Waals surface area contributed by atoms with Gasteiger partial charge < -0.3 is 10.2 Å². The van der Waals surface area contributed by atoms with Crippen LogP contribution in [0.1, 0.15) is 26.2 Å². The van der Waals surface area contributed by atoms with E-state index in [2.05, 4.69) is 5.32 Å². The standard InChI is InChI=1S/C12H20N2O4S/c1-3-9-12(16)14(6-7-19(2,17)18)10(8-4-5-8)11(15)13-9/h8-10H,3-7H2,1-2H3,(H,13,15). The summed E-state index contributed by atoms with van der Waals surface area (Å²) in [5, 5.41) is 2.73. The lowest BCUT2D eigenvalue weighted by Crippen LogP contribution is -2.64. The quantitative estimate of drug-likeness (QED) is 0.742. The highest BCUT2D eigenvalue weighted by Crippen LogP contribution is 2.37. The van der Waals surface area contributed by atoms with Crippen molar-refractivity contribution in [1.82, 2.24) is 10.2 Å². The molecule has 0 aromatic carbocycles. The van der Waals surface area contributed by atoms with Gasteiger partial charge in [0.1, 0.15) is 21.9 Å². The van der Waals surface area contributed by atoms with E-state index in [9.17, 15) is 18.0 Å². The molecule has 2 rings (SSSR count). The van der Waals surface area contributed by atoms with Gasteiger partial charge in [-0.3, -0.25) is 9.59 Å². The van der Waals surface area contributed by atoms with Gasteiger partial charge in [-0.05, 0) is 25.2 Å². The lowest BCUT2D eigenvalue weighted by atomic mass is 10.0. The molecule has 2 atom stereocenters. The molecule has 1 aliphatic heterocycles. The van der Waals surface area contributed by atoms with E-state index in [4.69, 9.17) is 0 Å². The second kappa shape index (κ2) is 5.11. The van der Waals surface area contributed by atoms with Crippen molar-refractivity contribution >= 4 is 21.7 Å². The molecular weight excluding hydrogens is 268 g/mol. The molecule has 7 heteroatoms. The van der Waals surface area contributed by atoms with Gasteiger partial charge in [-0.25, -0.2) is 8.42 Å². The Hall–Kier alpha value is -1.11. The van der Waals surface area contributed by atoms with Gasteiger partial charge >= 0.3 is 0 Å². The molecule has 1 aliphatic carbocycles. The summed E-state index contributed by atoms with van der Waals surface area (Å²) in [6.07, 6.45) is 3.53. The summed E-state index contributed by atoms with van der Waals surface area (Å²) in [5.74, 6) is -0.183. The van der Waals surface area contributed by atoms with Crippen LogP contribution in [-0.4, -0.2) is 55.8 Å². The molecule has 108 valence electrons. The first-order chi connectivity index (χ1) is 8.83. The Morgan fingerprint density at radius 2 is 1.95 bits per heavy atom. The van der Waals surface area contributed by atoms with Crippen molar-refractivity contribution in [3.63, 3.8) is 0 Å².